The lowest BCUT2D eigenvalue weighted by Crippen LogP contribution is -2.29. The van der Waals surface area contributed by atoms with Crippen molar-refractivity contribution in [2.75, 3.05) is 0 Å². The predicted octanol–water partition coefficient (Wildman–Crippen LogP) is 26.0. The molecule has 0 bridgehead atoms. The fourth-order valence-corrected chi connectivity index (χ4v) is 19.1. The predicted molar refractivity (Wildman–Crippen MR) is 409 cm³/mol. The molecule has 0 aliphatic heterocycles. The van der Waals surface area contributed by atoms with Gasteiger partial charge in [0.25, 0.3) is 0 Å². The van der Waals surface area contributed by atoms with Crippen LogP contribution in [0.2, 0.25) is 20.1 Å². The monoisotopic (exact) mass is 1330 g/mol. The first kappa shape index (κ1) is 58.8. The maximum absolute atomic E-state index is 6.88. The summed E-state index contributed by atoms with van der Waals surface area (Å²) in [6, 6.07) is 121. The second kappa shape index (κ2) is 22.5. The van der Waals surface area contributed by atoms with Crippen LogP contribution in [0.4, 0.5) is 0 Å². The molecule has 3 spiro atoms. The van der Waals surface area contributed by atoms with Crippen molar-refractivity contribution in [2.45, 2.75) is 23.2 Å². The Bertz CT molecular complexity index is 5610. The Morgan fingerprint density at radius 1 is 0.173 bits per heavy atom. The van der Waals surface area contributed by atoms with Gasteiger partial charge in [0.15, 0.2) is 0 Å². The molecule has 15 aromatic rings. The first-order chi connectivity index (χ1) is 48.2. The van der Waals surface area contributed by atoms with Crippen molar-refractivity contribution in [3.8, 4) is 100 Å². The van der Waals surface area contributed by atoms with Gasteiger partial charge in [0.05, 0.1) is 16.2 Å². The van der Waals surface area contributed by atoms with Gasteiger partial charge in [-0.3, -0.25) is 0 Å². The number of fused-ring (bicyclic) bond motifs is 36. The summed E-state index contributed by atoms with van der Waals surface area (Å²) < 4.78 is 0. The Hall–Kier alpha value is -10.5. The minimum Gasteiger partial charge on any atom is -0.0843 e. The smallest absolute Gasteiger partial charge is 0.0726 e. The molecule has 21 rings (SSSR count). The summed E-state index contributed by atoms with van der Waals surface area (Å²) in [5, 5.41) is 3.06. The van der Waals surface area contributed by atoms with Crippen molar-refractivity contribution >= 4 is 46.4 Å². The van der Waals surface area contributed by atoms with Crippen LogP contribution < -0.4 is 0 Å². The molecule has 0 fully saturated rings. The highest BCUT2D eigenvalue weighted by molar-refractivity contribution is 6.34. The van der Waals surface area contributed by atoms with Crippen molar-refractivity contribution < 1.29 is 0 Å². The summed E-state index contributed by atoms with van der Waals surface area (Å²) in [4.78, 5) is 0. The molecule has 0 atom stereocenters. The molecular weight excluding hydrogens is 1270 g/mol. The summed E-state index contributed by atoms with van der Waals surface area (Å²) in [7, 11) is 0. The number of hydrogen-bond acceptors (Lipinski definition) is 0. The van der Waals surface area contributed by atoms with E-state index in [1.807, 2.05) is 24.3 Å². The molecule has 0 nitrogen and oxygen atoms in total. The summed E-state index contributed by atoms with van der Waals surface area (Å²) >= 11 is 26.9. The van der Waals surface area contributed by atoms with E-state index in [9.17, 15) is 0 Å². The van der Waals surface area contributed by atoms with Crippen LogP contribution in [0.3, 0.4) is 0 Å². The van der Waals surface area contributed by atoms with Gasteiger partial charge in [-0.15, -0.1) is 0 Å². The number of aryl methyl sites for hydroxylation is 1. The van der Waals surface area contributed by atoms with Gasteiger partial charge in [-0.2, -0.15) is 0 Å². The molecule has 6 aliphatic rings. The molecule has 4 heteroatoms. The third-order valence-electron chi connectivity index (χ3n) is 21.8. The maximum Gasteiger partial charge on any atom is 0.0726 e. The fourth-order valence-electron chi connectivity index (χ4n) is 18.3. The molecule has 15 aromatic carbocycles. The Labute approximate surface area is 591 Å². The van der Waals surface area contributed by atoms with Crippen LogP contribution in [-0.4, -0.2) is 0 Å². The van der Waals surface area contributed by atoms with Gasteiger partial charge in [0.2, 0.25) is 0 Å². The minimum atomic E-state index is -0.521. The van der Waals surface area contributed by atoms with E-state index in [1.165, 1.54) is 167 Å². The standard InChI is InChI=1S/C32H21Cl.C31H18Cl2.C31H19Cl/c1-20-14-17-30-27(18-20)26-16-15-21(33)19-31(26)32(30)28-12-6-4-10-24(28)22-8-2-3-9-23(22)25-11-5-7-13-29(25)32;32-19-13-15-25-26-16-14-20(33)18-30(26)31(29(25)17-19)27-11-5-3-9-23(27)21-7-1-2-8-22(21)24-10-4-6-12-28(24)31;32-29-19-9-18-28-30(29)24-14-5-8-17-27(24)31(28)25-15-6-3-12-22(25)20-10-1-2-11-21(20)23-13-4-7-16-26(23)31/h2-19H,1H3;1-18H;1-19H. The zero-order valence-electron chi connectivity index (χ0n) is 53.3. The third kappa shape index (κ3) is 8.15. The second-order valence-electron chi connectivity index (χ2n) is 26.5. The molecule has 6 aliphatic carbocycles. The number of benzene rings is 15. The van der Waals surface area contributed by atoms with E-state index in [-0.39, 0.29) is 0 Å². The van der Waals surface area contributed by atoms with Crippen molar-refractivity contribution in [1.29, 1.82) is 0 Å². The van der Waals surface area contributed by atoms with Gasteiger partial charge in [0.1, 0.15) is 0 Å². The largest absolute Gasteiger partial charge is 0.0843 e. The summed E-state index contributed by atoms with van der Waals surface area (Å²) in [6.45, 7) is 2.17. The molecular formula is C94H58Cl4. The van der Waals surface area contributed by atoms with E-state index in [0.717, 1.165) is 25.7 Å². The van der Waals surface area contributed by atoms with E-state index >= 15 is 0 Å². The van der Waals surface area contributed by atoms with E-state index in [4.69, 9.17) is 46.4 Å². The minimum absolute atomic E-state index is 0.428. The second-order valence-corrected chi connectivity index (χ2v) is 28.2. The van der Waals surface area contributed by atoms with Crippen molar-refractivity contribution in [2.24, 2.45) is 0 Å². The Balaban J connectivity index is 0.000000103. The zero-order chi connectivity index (χ0) is 65.6. The van der Waals surface area contributed by atoms with Crippen molar-refractivity contribution in [3.63, 3.8) is 0 Å². The van der Waals surface area contributed by atoms with Crippen LogP contribution in [0.1, 0.15) is 72.3 Å². The van der Waals surface area contributed by atoms with Gasteiger partial charge < -0.3 is 0 Å². The van der Waals surface area contributed by atoms with Gasteiger partial charge in [0, 0.05) is 25.7 Å². The van der Waals surface area contributed by atoms with Crippen LogP contribution >= 0.6 is 46.4 Å². The highest BCUT2D eigenvalue weighted by atomic mass is 35.5. The molecule has 0 saturated carbocycles. The molecule has 0 radical (unpaired) electrons. The van der Waals surface area contributed by atoms with Gasteiger partial charge in [-0.05, 0) is 211 Å². The van der Waals surface area contributed by atoms with Gasteiger partial charge >= 0.3 is 0 Å². The molecule has 0 saturated heterocycles. The molecule has 0 aromatic heterocycles. The average molecular weight is 1330 g/mol. The van der Waals surface area contributed by atoms with Crippen LogP contribution in [-0.2, 0) is 16.2 Å². The van der Waals surface area contributed by atoms with Gasteiger partial charge in [-0.1, -0.05) is 343 Å². The number of rotatable bonds is 0. The summed E-state index contributed by atoms with van der Waals surface area (Å²) in [5.41, 5.74) is 37.8. The first-order valence-electron chi connectivity index (χ1n) is 33.5. The summed E-state index contributed by atoms with van der Waals surface area (Å²) in [6.07, 6.45) is 0. The SMILES string of the molecule is Cc1ccc2c(c1)-c1ccc(Cl)cc1C21c2ccccc2-c2ccccc2-c2ccccc21.Clc1ccc2c(c1)C1(c3ccccc3-c3ccccc3-c3ccccc31)c1cc(Cl)ccc1-2.Clc1cccc2c1-c1ccccc1C21c2ccccc2-c2ccccc2-c2ccccc21. The highest BCUT2D eigenvalue weighted by Crippen LogP contribution is 2.66. The van der Waals surface area contributed by atoms with E-state index in [2.05, 4.69) is 316 Å². The molecule has 0 N–H and O–H groups in total. The van der Waals surface area contributed by atoms with E-state index < -0.39 is 16.2 Å². The lowest BCUT2D eigenvalue weighted by atomic mass is 9.66. The normalized spacial score (nSPS) is 14.0. The zero-order valence-corrected chi connectivity index (χ0v) is 56.3. The molecule has 462 valence electrons. The highest BCUT2D eigenvalue weighted by Gasteiger charge is 2.53. The van der Waals surface area contributed by atoms with Crippen LogP contribution in [0.15, 0.2) is 334 Å². The fraction of sp³-hybridized carbons (Fsp3) is 0.0426. The van der Waals surface area contributed by atoms with Crippen molar-refractivity contribution in [1.82, 2.24) is 0 Å². The quantitative estimate of drug-likeness (QED) is 0.142. The lowest BCUT2D eigenvalue weighted by Gasteiger charge is -2.35. The van der Waals surface area contributed by atoms with Crippen molar-refractivity contribution in [3.05, 3.63) is 426 Å². The van der Waals surface area contributed by atoms with Crippen LogP contribution in [0.25, 0.3) is 100 Å². The van der Waals surface area contributed by atoms with Crippen LogP contribution in [0.5, 0.6) is 0 Å². The topological polar surface area (TPSA) is 0 Å². The number of hydrogen-bond donors (Lipinski definition) is 0. The molecule has 0 heterocycles. The third-order valence-corrected chi connectivity index (χ3v) is 22.9. The summed E-state index contributed by atoms with van der Waals surface area (Å²) in [5.74, 6) is 0. The lowest BCUT2D eigenvalue weighted by molar-refractivity contribution is 0.775. The Morgan fingerprint density at radius 2 is 0.408 bits per heavy atom. The van der Waals surface area contributed by atoms with E-state index in [1.54, 1.807) is 0 Å². The van der Waals surface area contributed by atoms with Gasteiger partial charge in [-0.25, -0.2) is 0 Å². The number of halogens is 4. The molecule has 98 heavy (non-hydrogen) atoms. The van der Waals surface area contributed by atoms with E-state index in [0.29, 0.717) is 0 Å². The Morgan fingerprint density at radius 3 is 0.745 bits per heavy atom. The Kier molecular flexibility index (Phi) is 13.5. The molecule has 0 unspecified atom stereocenters. The van der Waals surface area contributed by atoms with Crippen LogP contribution in [0, 0.1) is 6.92 Å². The molecule has 0 amide bonds. The first-order valence-corrected chi connectivity index (χ1v) is 35.0. The average Bonchev–Trinajstić information content (AvgIpc) is 1.53. The maximum atomic E-state index is 6.88.